The van der Waals surface area contributed by atoms with Crippen LogP contribution in [-0.4, -0.2) is 11.7 Å². The Morgan fingerprint density at radius 1 is 1.43 bits per heavy atom. The van der Waals surface area contributed by atoms with Crippen LogP contribution >= 0.6 is 11.3 Å². The third-order valence-electron chi connectivity index (χ3n) is 2.00. The van der Waals surface area contributed by atoms with Gasteiger partial charge in [0.25, 0.3) is 5.91 Å². The zero-order valence-electron chi connectivity index (χ0n) is 8.09. The van der Waals surface area contributed by atoms with Crippen molar-refractivity contribution in [2.75, 3.05) is 5.73 Å². The second kappa shape index (κ2) is 3.79. The number of hydrogen-bond acceptors (Lipinski definition) is 4. The van der Waals surface area contributed by atoms with Crippen molar-refractivity contribution < 1.29 is 9.59 Å². The average Bonchev–Trinajstić information content (AvgIpc) is 2.41. The number of primary amides is 1. The van der Waals surface area contributed by atoms with Crippen molar-refractivity contribution in [2.45, 2.75) is 20.3 Å². The lowest BCUT2D eigenvalue weighted by Gasteiger charge is -1.98. The van der Waals surface area contributed by atoms with Crippen LogP contribution in [-0.2, 0) is 0 Å². The summed E-state index contributed by atoms with van der Waals surface area (Å²) in [6.07, 6.45) is 0.375. The van der Waals surface area contributed by atoms with Crippen LogP contribution in [0, 0.1) is 6.92 Å². The number of amides is 1. The molecule has 0 spiro atoms. The lowest BCUT2D eigenvalue weighted by molar-refractivity contribution is 0.0988. The molecule has 0 unspecified atom stereocenters. The van der Waals surface area contributed by atoms with E-state index in [0.717, 1.165) is 11.3 Å². The highest BCUT2D eigenvalue weighted by atomic mass is 32.1. The normalized spacial score (nSPS) is 10.1. The Hall–Kier alpha value is -1.36. The van der Waals surface area contributed by atoms with Crippen LogP contribution in [0.25, 0.3) is 0 Å². The zero-order valence-corrected chi connectivity index (χ0v) is 8.90. The molecule has 0 saturated carbocycles. The number of hydrogen-bond donors (Lipinski definition) is 2. The van der Waals surface area contributed by atoms with Crippen LogP contribution in [0.4, 0.5) is 5.00 Å². The van der Waals surface area contributed by atoms with E-state index in [0.29, 0.717) is 27.4 Å². The first-order valence-corrected chi connectivity index (χ1v) is 5.02. The van der Waals surface area contributed by atoms with Gasteiger partial charge in [-0.15, -0.1) is 11.3 Å². The number of Topliss-reactive ketones (excluding diaryl/α,β-unsaturated/α-hetero) is 1. The maximum Gasteiger partial charge on any atom is 0.259 e. The summed E-state index contributed by atoms with van der Waals surface area (Å²) in [7, 11) is 0. The number of nitrogen functional groups attached to an aromatic ring is 1. The Morgan fingerprint density at radius 2 is 2.00 bits per heavy atom. The van der Waals surface area contributed by atoms with Gasteiger partial charge in [-0.3, -0.25) is 9.59 Å². The third-order valence-corrected chi connectivity index (χ3v) is 3.13. The van der Waals surface area contributed by atoms with Crippen LogP contribution in [0.2, 0.25) is 0 Å². The topological polar surface area (TPSA) is 86.2 Å². The highest BCUT2D eigenvalue weighted by Crippen LogP contribution is 2.30. The molecule has 0 atom stereocenters. The standard InChI is InChI=1S/C9H12N2O2S/c1-3-5(12)6-4(2)7(8(10)13)14-9(6)11/h3,11H2,1-2H3,(H2,10,13). The van der Waals surface area contributed by atoms with Gasteiger partial charge in [-0.05, 0) is 12.5 Å². The Balaban J connectivity index is 3.31. The summed E-state index contributed by atoms with van der Waals surface area (Å²) in [5.74, 6) is -0.585. The molecule has 1 aromatic heterocycles. The molecule has 0 aliphatic heterocycles. The predicted molar refractivity (Wildman–Crippen MR) is 56.6 cm³/mol. The first-order chi connectivity index (χ1) is 6.49. The van der Waals surface area contributed by atoms with E-state index in [1.807, 2.05) is 0 Å². The SMILES string of the molecule is CCC(=O)c1c(N)sc(C(N)=O)c1C. The van der Waals surface area contributed by atoms with Gasteiger partial charge < -0.3 is 11.5 Å². The van der Waals surface area contributed by atoms with Gasteiger partial charge >= 0.3 is 0 Å². The molecule has 0 aromatic carbocycles. The first kappa shape index (κ1) is 10.7. The van der Waals surface area contributed by atoms with E-state index in [4.69, 9.17) is 11.5 Å². The van der Waals surface area contributed by atoms with Crippen LogP contribution < -0.4 is 11.5 Å². The van der Waals surface area contributed by atoms with Crippen LogP contribution in [0.1, 0.15) is 38.9 Å². The van der Waals surface area contributed by atoms with Gasteiger partial charge in [-0.2, -0.15) is 0 Å². The minimum Gasteiger partial charge on any atom is -0.390 e. The maximum atomic E-state index is 11.5. The number of thiophene rings is 1. The van der Waals surface area contributed by atoms with Gasteiger partial charge in [0.15, 0.2) is 5.78 Å². The van der Waals surface area contributed by atoms with E-state index in [-0.39, 0.29) is 5.78 Å². The largest absolute Gasteiger partial charge is 0.390 e. The Labute approximate surface area is 85.9 Å². The number of rotatable bonds is 3. The third kappa shape index (κ3) is 1.63. The molecule has 1 heterocycles. The zero-order chi connectivity index (χ0) is 10.9. The average molecular weight is 212 g/mol. The van der Waals surface area contributed by atoms with Crippen LogP contribution in [0.3, 0.4) is 0 Å². The van der Waals surface area contributed by atoms with E-state index in [1.165, 1.54) is 0 Å². The molecule has 0 saturated heterocycles. The van der Waals surface area contributed by atoms with Gasteiger partial charge in [0.05, 0.1) is 15.4 Å². The van der Waals surface area contributed by atoms with E-state index >= 15 is 0 Å². The minimum absolute atomic E-state index is 0.0521. The minimum atomic E-state index is -0.533. The summed E-state index contributed by atoms with van der Waals surface area (Å²) in [6, 6.07) is 0. The number of anilines is 1. The molecule has 0 fully saturated rings. The maximum absolute atomic E-state index is 11.5. The summed E-state index contributed by atoms with van der Waals surface area (Å²) in [6.45, 7) is 3.44. The van der Waals surface area contributed by atoms with Crippen molar-refractivity contribution in [1.29, 1.82) is 0 Å². The molecule has 1 rings (SSSR count). The first-order valence-electron chi connectivity index (χ1n) is 4.20. The van der Waals surface area contributed by atoms with Gasteiger partial charge in [0.1, 0.15) is 0 Å². The second-order valence-electron chi connectivity index (χ2n) is 2.94. The summed E-state index contributed by atoms with van der Waals surface area (Å²) in [4.78, 5) is 22.8. The fourth-order valence-corrected chi connectivity index (χ4v) is 2.24. The number of nitrogens with two attached hydrogens (primary N) is 2. The van der Waals surface area contributed by atoms with Crippen molar-refractivity contribution in [2.24, 2.45) is 5.73 Å². The van der Waals surface area contributed by atoms with Gasteiger partial charge in [0, 0.05) is 6.42 Å². The fraction of sp³-hybridized carbons (Fsp3) is 0.333. The summed E-state index contributed by atoms with van der Waals surface area (Å²) >= 11 is 1.08. The molecule has 14 heavy (non-hydrogen) atoms. The predicted octanol–water partition coefficient (Wildman–Crippen LogP) is 1.33. The smallest absolute Gasteiger partial charge is 0.259 e. The summed E-state index contributed by atoms with van der Waals surface area (Å²) in [5, 5.41) is 0.378. The lowest BCUT2D eigenvalue weighted by atomic mass is 10.1. The number of carbonyl (C=O) groups excluding carboxylic acids is 2. The van der Waals surface area contributed by atoms with Crippen molar-refractivity contribution >= 4 is 28.0 Å². The number of carbonyl (C=O) groups is 2. The van der Waals surface area contributed by atoms with E-state index in [9.17, 15) is 9.59 Å². The van der Waals surface area contributed by atoms with Crippen molar-refractivity contribution in [3.8, 4) is 0 Å². The second-order valence-corrected chi connectivity index (χ2v) is 3.99. The Bertz CT molecular complexity index is 396. The van der Waals surface area contributed by atoms with Crippen molar-refractivity contribution in [1.82, 2.24) is 0 Å². The molecule has 1 amide bonds. The highest BCUT2D eigenvalue weighted by Gasteiger charge is 2.20. The summed E-state index contributed by atoms with van der Waals surface area (Å²) < 4.78 is 0. The molecule has 5 heteroatoms. The molecule has 1 aromatic rings. The molecular formula is C9H12N2O2S. The Morgan fingerprint density at radius 3 is 2.36 bits per heavy atom. The van der Waals surface area contributed by atoms with Crippen molar-refractivity contribution in [3.05, 3.63) is 16.0 Å². The van der Waals surface area contributed by atoms with Crippen LogP contribution in [0.15, 0.2) is 0 Å². The lowest BCUT2D eigenvalue weighted by Crippen LogP contribution is -2.11. The molecule has 0 aliphatic rings. The van der Waals surface area contributed by atoms with E-state index in [2.05, 4.69) is 0 Å². The van der Waals surface area contributed by atoms with Gasteiger partial charge in [-0.1, -0.05) is 6.92 Å². The van der Waals surface area contributed by atoms with Gasteiger partial charge in [0.2, 0.25) is 0 Å². The van der Waals surface area contributed by atoms with E-state index in [1.54, 1.807) is 13.8 Å². The highest BCUT2D eigenvalue weighted by molar-refractivity contribution is 7.18. The quantitative estimate of drug-likeness (QED) is 0.741. The molecule has 4 N–H and O–H groups in total. The monoisotopic (exact) mass is 212 g/mol. The van der Waals surface area contributed by atoms with E-state index < -0.39 is 5.91 Å². The van der Waals surface area contributed by atoms with Gasteiger partial charge in [-0.25, -0.2) is 0 Å². The molecule has 0 radical (unpaired) electrons. The molecule has 76 valence electrons. The van der Waals surface area contributed by atoms with Crippen molar-refractivity contribution in [3.63, 3.8) is 0 Å². The molecular weight excluding hydrogens is 200 g/mol. The summed E-state index contributed by atoms with van der Waals surface area (Å²) in [5.41, 5.74) is 11.8. The molecule has 0 aliphatic carbocycles. The fourth-order valence-electron chi connectivity index (χ4n) is 1.29. The number of ketones is 1. The Kier molecular flexibility index (Phi) is 2.90. The molecule has 4 nitrogen and oxygen atoms in total. The van der Waals surface area contributed by atoms with Crippen LogP contribution in [0.5, 0.6) is 0 Å². The molecule has 0 bridgehead atoms.